The molecule has 0 unspecified atom stereocenters. The number of nitrogens with zero attached hydrogens (tertiary/aromatic N) is 4. The minimum absolute atomic E-state index is 0.0253. The number of Topliss-reactive ketones (excluding diaryl/α,β-unsaturated/α-hetero) is 1. The maximum Gasteiger partial charge on any atom is 0.415 e. The fourth-order valence-electron chi connectivity index (χ4n) is 8.86. The summed E-state index contributed by atoms with van der Waals surface area (Å²) in [6.45, 7) is 10.5. The summed E-state index contributed by atoms with van der Waals surface area (Å²) in [6.07, 6.45) is -0.390. The summed E-state index contributed by atoms with van der Waals surface area (Å²) in [4.78, 5) is 123. The highest BCUT2D eigenvalue weighted by molar-refractivity contribution is 5.98. The first-order valence-corrected chi connectivity index (χ1v) is 26.2. The zero-order valence-electron chi connectivity index (χ0n) is 45.9. The van der Waals surface area contributed by atoms with E-state index in [2.05, 4.69) is 21.3 Å². The maximum atomic E-state index is 13.7. The molecule has 79 heavy (non-hydrogen) atoms. The standard InChI is InChI=1S/C55H71N9O15/c1-9-36-37-24-35(17-18-41(37)59-47-38(36)26-64-43(47)25-40-39(50(64)69)28-77-51(70)55(40,74)10-2)79-54(73)63(8)21-20-62(7)53(72)78-27-33-13-15-34(16-14-33)58-48(67)42(12-11-19-57-52(56)71)60-49(68)46(32(5)6)61-45(66)30-76-23-22-75-29-44(65)31(3)4/h13-18,24-25,31-32,42,46,74H,9-12,19-23,26-30H2,1-8H3,(H,58,67)(H,60,68)(H,61,66)(H3,56,57,71)/t42-,46-,55-/m0/s1. The van der Waals surface area contributed by atoms with Crippen LogP contribution in [0.5, 0.6) is 5.75 Å². The van der Waals surface area contributed by atoms with E-state index in [-0.39, 0.29) is 125 Å². The van der Waals surface area contributed by atoms with E-state index in [1.165, 1.54) is 23.9 Å². The van der Waals surface area contributed by atoms with Gasteiger partial charge in [-0.1, -0.05) is 53.7 Å². The summed E-state index contributed by atoms with van der Waals surface area (Å²) in [6, 6.07) is 10.3. The topological polar surface area (TPSA) is 318 Å². The summed E-state index contributed by atoms with van der Waals surface area (Å²) >= 11 is 0. The Balaban J connectivity index is 0.979. The number of hydrogen-bond acceptors (Lipinski definition) is 16. The quantitative estimate of drug-likeness (QED) is 0.0340. The lowest BCUT2D eigenvalue weighted by molar-refractivity contribution is -0.172. The number of aliphatic hydroxyl groups is 1. The molecule has 2 aromatic heterocycles. The van der Waals surface area contributed by atoms with Gasteiger partial charge in [-0.05, 0) is 79.1 Å². The molecule has 24 nitrogen and oxygen atoms in total. The van der Waals surface area contributed by atoms with Crippen LogP contribution >= 0.6 is 0 Å². The number of nitrogens with one attached hydrogen (secondary N) is 4. The minimum Gasteiger partial charge on any atom is -0.458 e. The molecule has 0 radical (unpaired) electrons. The van der Waals surface area contributed by atoms with Crippen molar-refractivity contribution in [3.05, 3.63) is 86.7 Å². The number of carbonyl (C=O) groups excluding carboxylic acids is 8. The molecule has 7 amide bonds. The highest BCUT2D eigenvalue weighted by Crippen LogP contribution is 2.41. The van der Waals surface area contributed by atoms with Crippen LogP contribution in [0, 0.1) is 11.8 Å². The Morgan fingerprint density at radius 3 is 2.20 bits per heavy atom. The number of esters is 1. The van der Waals surface area contributed by atoms with Gasteiger partial charge in [0, 0.05) is 61.8 Å². The highest BCUT2D eigenvalue weighted by Gasteiger charge is 2.45. The molecule has 0 saturated carbocycles. The molecule has 2 aromatic carbocycles. The van der Waals surface area contributed by atoms with E-state index >= 15 is 0 Å². The molecule has 2 aliphatic rings. The number of urea groups is 1. The van der Waals surface area contributed by atoms with Crippen molar-refractivity contribution in [2.45, 2.75) is 105 Å². The predicted molar refractivity (Wildman–Crippen MR) is 287 cm³/mol. The number of carbonyl (C=O) groups is 8. The lowest BCUT2D eigenvalue weighted by Gasteiger charge is -2.31. The number of ether oxygens (including phenoxy) is 5. The Hall–Kier alpha value is -7.96. The van der Waals surface area contributed by atoms with Crippen molar-refractivity contribution >= 4 is 64.3 Å². The largest absolute Gasteiger partial charge is 0.458 e. The lowest BCUT2D eigenvalue weighted by atomic mass is 9.86. The van der Waals surface area contributed by atoms with Crippen LogP contribution in [0.15, 0.2) is 53.3 Å². The molecule has 0 fully saturated rings. The van der Waals surface area contributed by atoms with Crippen molar-refractivity contribution in [3.8, 4) is 17.1 Å². The van der Waals surface area contributed by atoms with Crippen molar-refractivity contribution in [2.24, 2.45) is 17.6 Å². The Kier molecular flexibility index (Phi) is 20.7. The molecule has 7 N–H and O–H groups in total. The predicted octanol–water partition coefficient (Wildman–Crippen LogP) is 3.61. The molecule has 0 aliphatic carbocycles. The number of aryl methyl sites for hydroxylation is 1. The number of cyclic esters (lactones) is 1. The second-order valence-electron chi connectivity index (χ2n) is 20.0. The maximum absolute atomic E-state index is 13.7. The average Bonchev–Trinajstić information content (AvgIpc) is 4.03. The van der Waals surface area contributed by atoms with E-state index in [0.717, 1.165) is 16.5 Å². The van der Waals surface area contributed by atoms with Crippen LogP contribution in [0.4, 0.5) is 20.1 Å². The summed E-state index contributed by atoms with van der Waals surface area (Å²) in [5, 5.41) is 22.6. The number of anilines is 1. The van der Waals surface area contributed by atoms with Crippen molar-refractivity contribution < 1.29 is 67.1 Å². The molecular weight excluding hydrogens is 1030 g/mol. The molecular formula is C55H71N9O15. The fraction of sp³-hybridized carbons (Fsp3) is 0.491. The number of likely N-dealkylation sites (N-methyl/N-ethyl adjacent to an activating group) is 2. The summed E-state index contributed by atoms with van der Waals surface area (Å²) in [5.74, 6) is -2.92. The molecule has 3 atom stereocenters. The molecule has 0 spiro atoms. The van der Waals surface area contributed by atoms with E-state index in [4.69, 9.17) is 34.4 Å². The number of rotatable bonds is 26. The number of aromatic nitrogens is 2. The Labute approximate surface area is 457 Å². The van der Waals surface area contributed by atoms with Crippen LogP contribution in [-0.4, -0.2) is 144 Å². The zero-order chi connectivity index (χ0) is 57.7. The van der Waals surface area contributed by atoms with Gasteiger partial charge < -0.3 is 70.2 Å². The Morgan fingerprint density at radius 2 is 1.56 bits per heavy atom. The number of amides is 7. The fourth-order valence-corrected chi connectivity index (χ4v) is 8.86. The molecule has 426 valence electrons. The van der Waals surface area contributed by atoms with Crippen LogP contribution in [0.1, 0.15) is 88.6 Å². The average molecular weight is 1100 g/mol. The second-order valence-corrected chi connectivity index (χ2v) is 20.0. The number of nitrogens with two attached hydrogens (primary N) is 1. The molecule has 2 aliphatic heterocycles. The number of hydrogen-bond donors (Lipinski definition) is 6. The van der Waals surface area contributed by atoms with Crippen molar-refractivity contribution in [2.75, 3.05) is 65.5 Å². The first-order chi connectivity index (χ1) is 37.6. The van der Waals surface area contributed by atoms with Crippen LogP contribution in [-0.2, 0) is 74.7 Å². The van der Waals surface area contributed by atoms with Crippen LogP contribution in [0.2, 0.25) is 0 Å². The van der Waals surface area contributed by atoms with E-state index in [1.807, 2.05) is 6.92 Å². The number of primary amides is 1. The summed E-state index contributed by atoms with van der Waals surface area (Å²) < 4.78 is 28.7. The van der Waals surface area contributed by atoms with E-state index in [1.54, 1.807) is 87.7 Å². The van der Waals surface area contributed by atoms with Crippen molar-refractivity contribution in [1.82, 2.24) is 35.3 Å². The van der Waals surface area contributed by atoms with Gasteiger partial charge in [0.2, 0.25) is 17.7 Å². The second kappa shape index (κ2) is 27.1. The number of pyridine rings is 2. The number of ketones is 1. The van der Waals surface area contributed by atoms with Gasteiger partial charge >= 0.3 is 24.2 Å². The summed E-state index contributed by atoms with van der Waals surface area (Å²) in [5.41, 5.74) is 7.64. The summed E-state index contributed by atoms with van der Waals surface area (Å²) in [7, 11) is 3.05. The number of benzene rings is 2. The Morgan fingerprint density at radius 1 is 0.873 bits per heavy atom. The van der Waals surface area contributed by atoms with E-state index in [9.17, 15) is 48.3 Å². The van der Waals surface area contributed by atoms with Gasteiger partial charge in [0.25, 0.3) is 5.56 Å². The Bertz CT molecular complexity index is 3000. The SMILES string of the molecule is CCc1c2c(nc3ccc(OC(=O)N(C)CCN(C)C(=O)OCc4ccc(NC(=O)[C@H](CCCNC(N)=O)NC(=O)[C@@H](NC(=O)COCCOCC(=O)C(C)C)C(C)C)cc4)cc13)-c1cc3c(c(=O)n1C2)COC(=O)[C@]3(O)CC. The van der Waals surface area contributed by atoms with E-state index in [0.29, 0.717) is 34.6 Å². The molecule has 24 heteroatoms. The molecule has 0 saturated heterocycles. The molecule has 6 rings (SSSR count). The smallest absolute Gasteiger partial charge is 0.415 e. The van der Waals surface area contributed by atoms with Crippen LogP contribution in [0.3, 0.4) is 0 Å². The van der Waals surface area contributed by atoms with Gasteiger partial charge in [-0.15, -0.1) is 0 Å². The molecule has 4 heterocycles. The third kappa shape index (κ3) is 15.0. The normalized spacial score (nSPS) is 15.0. The third-order valence-corrected chi connectivity index (χ3v) is 13.7. The van der Waals surface area contributed by atoms with Crippen molar-refractivity contribution in [3.63, 3.8) is 0 Å². The number of fused-ring (bicyclic) bond motifs is 5. The van der Waals surface area contributed by atoms with Gasteiger partial charge in [0.1, 0.15) is 44.3 Å². The first-order valence-electron chi connectivity index (χ1n) is 26.2. The van der Waals surface area contributed by atoms with Gasteiger partial charge in [-0.2, -0.15) is 0 Å². The molecule has 4 aromatic rings. The third-order valence-electron chi connectivity index (χ3n) is 13.7. The minimum atomic E-state index is -1.95. The van der Waals surface area contributed by atoms with Gasteiger partial charge in [0.15, 0.2) is 11.4 Å². The van der Waals surface area contributed by atoms with Gasteiger partial charge in [0.05, 0.1) is 42.2 Å². The zero-order valence-corrected chi connectivity index (χ0v) is 45.9. The highest BCUT2D eigenvalue weighted by atomic mass is 16.6. The monoisotopic (exact) mass is 1100 g/mol. The van der Waals surface area contributed by atoms with Gasteiger partial charge in [-0.3, -0.25) is 24.0 Å². The van der Waals surface area contributed by atoms with E-state index < -0.39 is 59.6 Å². The molecule has 0 bridgehead atoms. The van der Waals surface area contributed by atoms with Crippen LogP contribution < -0.4 is 37.3 Å². The first kappa shape index (κ1) is 60.3. The van der Waals surface area contributed by atoms with Gasteiger partial charge in [-0.25, -0.2) is 24.2 Å². The van der Waals surface area contributed by atoms with Crippen LogP contribution in [0.25, 0.3) is 22.3 Å². The van der Waals surface area contributed by atoms with Crippen molar-refractivity contribution in [1.29, 1.82) is 0 Å². The lowest BCUT2D eigenvalue weighted by Crippen LogP contribution is -2.55.